The van der Waals surface area contributed by atoms with Gasteiger partial charge in [-0.3, -0.25) is 4.79 Å². The van der Waals surface area contributed by atoms with Crippen molar-refractivity contribution >= 4 is 5.91 Å². The molecule has 2 fully saturated rings. The molecule has 62 valence electrons. The number of carbonyl (C=O) groups excluding carboxylic acids is 1. The first-order valence-corrected chi connectivity index (χ1v) is 4.21. The van der Waals surface area contributed by atoms with Crippen molar-refractivity contribution in [1.29, 1.82) is 0 Å². The molecule has 2 saturated heterocycles. The summed E-state index contributed by atoms with van der Waals surface area (Å²) in [5.41, 5.74) is 0.159. The zero-order chi connectivity index (χ0) is 7.90. The Morgan fingerprint density at radius 1 is 1.45 bits per heavy atom. The lowest BCUT2D eigenvalue weighted by molar-refractivity contribution is -0.120. The standard InChI is InChI=1S/C8H14N2O/c1-7(11)9-8-2-4-10(6-8)5-3-8/h2-6H2,1H3,(H,9,11). The monoisotopic (exact) mass is 154 g/mol. The maximum absolute atomic E-state index is 10.9. The van der Waals surface area contributed by atoms with Crippen molar-refractivity contribution < 1.29 is 4.79 Å². The van der Waals surface area contributed by atoms with Crippen LogP contribution in [0.1, 0.15) is 19.8 Å². The van der Waals surface area contributed by atoms with Gasteiger partial charge >= 0.3 is 0 Å². The van der Waals surface area contributed by atoms with E-state index in [1.54, 1.807) is 6.92 Å². The summed E-state index contributed by atoms with van der Waals surface area (Å²) in [6.45, 7) is 5.02. The van der Waals surface area contributed by atoms with Crippen LogP contribution >= 0.6 is 0 Å². The van der Waals surface area contributed by atoms with Crippen molar-refractivity contribution in [2.24, 2.45) is 0 Å². The minimum atomic E-state index is 0.119. The Kier molecular flexibility index (Phi) is 1.42. The fourth-order valence-electron chi connectivity index (χ4n) is 2.26. The van der Waals surface area contributed by atoms with Crippen LogP contribution in [0, 0.1) is 0 Å². The van der Waals surface area contributed by atoms with E-state index in [2.05, 4.69) is 10.2 Å². The third-order valence-electron chi connectivity index (χ3n) is 2.78. The molecule has 2 aliphatic rings. The fraction of sp³-hybridized carbons (Fsp3) is 0.875. The highest BCUT2D eigenvalue weighted by Crippen LogP contribution is 2.31. The summed E-state index contributed by atoms with van der Waals surface area (Å²) < 4.78 is 0. The van der Waals surface area contributed by atoms with Gasteiger partial charge in [0.2, 0.25) is 5.91 Å². The molecule has 2 aliphatic heterocycles. The highest BCUT2D eigenvalue weighted by atomic mass is 16.1. The molecule has 0 aliphatic carbocycles. The maximum Gasteiger partial charge on any atom is 0.217 e. The first-order chi connectivity index (χ1) is 5.20. The van der Waals surface area contributed by atoms with Crippen molar-refractivity contribution in [3.63, 3.8) is 0 Å². The second kappa shape index (κ2) is 2.21. The zero-order valence-corrected chi connectivity index (χ0v) is 6.89. The van der Waals surface area contributed by atoms with E-state index in [1.165, 1.54) is 13.1 Å². The molecule has 2 rings (SSSR count). The van der Waals surface area contributed by atoms with E-state index in [4.69, 9.17) is 0 Å². The molecule has 1 amide bonds. The molecular formula is C8H14N2O. The van der Waals surface area contributed by atoms with Crippen LogP contribution in [0.15, 0.2) is 0 Å². The molecule has 0 aromatic rings. The quantitative estimate of drug-likeness (QED) is 0.575. The second-order valence-corrected chi connectivity index (χ2v) is 3.74. The molecule has 2 heterocycles. The van der Waals surface area contributed by atoms with Gasteiger partial charge in [-0.2, -0.15) is 0 Å². The van der Waals surface area contributed by atoms with Crippen molar-refractivity contribution in [2.75, 3.05) is 19.6 Å². The summed E-state index contributed by atoms with van der Waals surface area (Å²) in [5.74, 6) is 0.119. The fourth-order valence-corrected chi connectivity index (χ4v) is 2.26. The van der Waals surface area contributed by atoms with Crippen molar-refractivity contribution in [3.05, 3.63) is 0 Å². The summed E-state index contributed by atoms with van der Waals surface area (Å²) >= 11 is 0. The van der Waals surface area contributed by atoms with Crippen LogP contribution < -0.4 is 5.32 Å². The Labute approximate surface area is 66.8 Å². The molecule has 0 radical (unpaired) electrons. The van der Waals surface area contributed by atoms with Crippen molar-refractivity contribution in [3.8, 4) is 0 Å². The van der Waals surface area contributed by atoms with E-state index in [9.17, 15) is 4.79 Å². The van der Waals surface area contributed by atoms with E-state index in [1.807, 2.05) is 0 Å². The summed E-state index contributed by atoms with van der Waals surface area (Å²) in [7, 11) is 0. The van der Waals surface area contributed by atoms with Crippen LogP contribution in [0.4, 0.5) is 0 Å². The van der Waals surface area contributed by atoms with Gasteiger partial charge in [0.1, 0.15) is 0 Å². The number of nitrogens with one attached hydrogen (secondary N) is 1. The van der Waals surface area contributed by atoms with Gasteiger partial charge in [-0.25, -0.2) is 0 Å². The summed E-state index contributed by atoms with van der Waals surface area (Å²) in [5, 5.41) is 3.07. The average molecular weight is 154 g/mol. The normalized spacial score (nSPS) is 41.0. The molecule has 0 atom stereocenters. The van der Waals surface area contributed by atoms with Crippen molar-refractivity contribution in [2.45, 2.75) is 25.3 Å². The molecule has 3 heteroatoms. The number of amides is 1. The molecule has 0 spiro atoms. The average Bonchev–Trinajstić information content (AvgIpc) is 2.43. The minimum Gasteiger partial charge on any atom is -0.350 e. The first-order valence-electron chi connectivity index (χ1n) is 4.21. The van der Waals surface area contributed by atoms with Crippen LogP contribution in [0.5, 0.6) is 0 Å². The number of hydrogen-bond acceptors (Lipinski definition) is 2. The van der Waals surface area contributed by atoms with Crippen LogP contribution in [-0.4, -0.2) is 36.0 Å². The molecule has 11 heavy (non-hydrogen) atoms. The zero-order valence-electron chi connectivity index (χ0n) is 6.89. The predicted molar refractivity (Wildman–Crippen MR) is 42.2 cm³/mol. The largest absolute Gasteiger partial charge is 0.350 e. The van der Waals surface area contributed by atoms with E-state index in [0.717, 1.165) is 19.4 Å². The van der Waals surface area contributed by atoms with Crippen LogP contribution in [0.25, 0.3) is 0 Å². The number of fused-ring (bicyclic) bond motifs is 2. The summed E-state index contributed by atoms with van der Waals surface area (Å²) in [4.78, 5) is 13.3. The molecule has 0 aromatic carbocycles. The Bertz CT molecular complexity index is 183. The predicted octanol–water partition coefficient (Wildman–Crippen LogP) is -0.0293. The first kappa shape index (κ1) is 7.10. The lowest BCUT2D eigenvalue weighted by Crippen LogP contribution is -2.46. The smallest absolute Gasteiger partial charge is 0.217 e. The highest BCUT2D eigenvalue weighted by Gasteiger charge is 2.43. The molecule has 1 N–H and O–H groups in total. The lowest BCUT2D eigenvalue weighted by atomic mass is 9.95. The van der Waals surface area contributed by atoms with Gasteiger partial charge in [0.25, 0.3) is 0 Å². The van der Waals surface area contributed by atoms with Crippen LogP contribution in [0.2, 0.25) is 0 Å². The number of nitrogens with zero attached hydrogens (tertiary/aromatic N) is 1. The Morgan fingerprint density at radius 2 is 2.09 bits per heavy atom. The Balaban J connectivity index is 2.05. The second-order valence-electron chi connectivity index (χ2n) is 3.74. The highest BCUT2D eigenvalue weighted by molar-refractivity contribution is 5.74. The van der Waals surface area contributed by atoms with E-state index in [-0.39, 0.29) is 11.4 Å². The van der Waals surface area contributed by atoms with Crippen molar-refractivity contribution in [1.82, 2.24) is 10.2 Å². The lowest BCUT2D eigenvalue weighted by Gasteiger charge is -2.25. The molecule has 2 bridgehead atoms. The molecule has 0 aromatic heterocycles. The van der Waals surface area contributed by atoms with E-state index >= 15 is 0 Å². The van der Waals surface area contributed by atoms with Crippen LogP contribution in [-0.2, 0) is 4.79 Å². The molecule has 0 unspecified atom stereocenters. The minimum absolute atomic E-state index is 0.119. The van der Waals surface area contributed by atoms with E-state index in [0.29, 0.717) is 0 Å². The maximum atomic E-state index is 10.9. The number of hydrogen-bond donors (Lipinski definition) is 1. The molecule has 3 nitrogen and oxygen atoms in total. The molecular weight excluding hydrogens is 140 g/mol. The molecule has 0 saturated carbocycles. The SMILES string of the molecule is CC(=O)NC12CCN(CC1)C2. The van der Waals surface area contributed by atoms with Gasteiger partial charge in [-0.15, -0.1) is 0 Å². The summed E-state index contributed by atoms with van der Waals surface area (Å²) in [6, 6.07) is 0. The van der Waals surface area contributed by atoms with Gasteiger partial charge < -0.3 is 10.2 Å². The third kappa shape index (κ3) is 1.13. The third-order valence-corrected chi connectivity index (χ3v) is 2.78. The Hall–Kier alpha value is -0.570. The number of rotatable bonds is 1. The van der Waals surface area contributed by atoms with E-state index < -0.39 is 0 Å². The topological polar surface area (TPSA) is 32.3 Å². The Morgan fingerprint density at radius 3 is 2.45 bits per heavy atom. The van der Waals surface area contributed by atoms with Gasteiger partial charge in [0, 0.05) is 26.6 Å². The van der Waals surface area contributed by atoms with Gasteiger partial charge in [-0.1, -0.05) is 0 Å². The number of carbonyl (C=O) groups is 1. The van der Waals surface area contributed by atoms with Gasteiger partial charge in [-0.05, 0) is 12.8 Å². The summed E-state index contributed by atoms with van der Waals surface area (Å²) in [6.07, 6.45) is 2.29. The number of piperidine rings is 1. The van der Waals surface area contributed by atoms with Gasteiger partial charge in [0.15, 0.2) is 0 Å². The van der Waals surface area contributed by atoms with Crippen LogP contribution in [0.3, 0.4) is 0 Å². The van der Waals surface area contributed by atoms with Gasteiger partial charge in [0.05, 0.1) is 5.54 Å².